The van der Waals surface area contributed by atoms with Crippen LogP contribution in [0.25, 0.3) is 0 Å². The van der Waals surface area contributed by atoms with Crippen molar-refractivity contribution >= 4 is 23.9 Å². The number of alkyl halides is 9. The van der Waals surface area contributed by atoms with E-state index in [9.17, 15) is 39.5 Å². The molecule has 246 valence electrons. The molecule has 0 amide bonds. The number of carbonyl (C=O) groups is 3. The van der Waals surface area contributed by atoms with Crippen LogP contribution in [0, 0.1) is 5.92 Å². The van der Waals surface area contributed by atoms with E-state index in [0.717, 1.165) is 44.4 Å². The number of carboxylic acids is 3. The number of aliphatic carboxylic acids is 3. The first-order chi connectivity index (χ1) is 20.1. The zero-order valence-corrected chi connectivity index (χ0v) is 22.3. The first-order valence-corrected chi connectivity index (χ1v) is 11.7. The van der Waals surface area contributed by atoms with Crippen LogP contribution in [0.15, 0.2) is 43.0 Å². The van der Waals surface area contributed by atoms with Gasteiger partial charge in [-0.25, -0.2) is 24.4 Å². The van der Waals surface area contributed by atoms with E-state index in [1.807, 2.05) is 18.2 Å². The van der Waals surface area contributed by atoms with E-state index < -0.39 is 36.4 Å². The number of hydrogen-bond acceptors (Lipinski definition) is 9. The lowest BCUT2D eigenvalue weighted by Crippen LogP contribution is -2.67. The first kappa shape index (κ1) is 37.6. The van der Waals surface area contributed by atoms with Crippen LogP contribution < -0.4 is 9.64 Å². The van der Waals surface area contributed by atoms with Crippen LogP contribution in [-0.4, -0.2) is 110 Å². The molecule has 1 unspecified atom stereocenters. The summed E-state index contributed by atoms with van der Waals surface area (Å²) in [6, 6.07) is 5.72. The summed E-state index contributed by atoms with van der Waals surface area (Å²) >= 11 is 0. The molecule has 44 heavy (non-hydrogen) atoms. The van der Waals surface area contributed by atoms with Gasteiger partial charge >= 0.3 is 36.4 Å². The molecule has 0 bridgehead atoms. The summed E-state index contributed by atoms with van der Waals surface area (Å²) in [6.45, 7) is 3.82. The number of pyridine rings is 1. The largest absolute Gasteiger partial charge is 0.492 e. The van der Waals surface area contributed by atoms with Crippen LogP contribution in [0.1, 0.15) is 6.42 Å². The number of carboxylic acid groups (broad SMARTS) is 3. The topological polar surface area (TPSA) is 166 Å². The summed E-state index contributed by atoms with van der Waals surface area (Å²) in [7, 11) is 2.22. The van der Waals surface area contributed by atoms with Crippen LogP contribution in [0.5, 0.6) is 5.75 Å². The number of rotatable bonds is 4. The molecule has 4 heterocycles. The zero-order valence-electron chi connectivity index (χ0n) is 22.3. The molecular weight excluding hydrogens is 629 g/mol. The van der Waals surface area contributed by atoms with Gasteiger partial charge < -0.3 is 25.0 Å². The van der Waals surface area contributed by atoms with Crippen molar-refractivity contribution < 1.29 is 74.0 Å². The van der Waals surface area contributed by atoms with Gasteiger partial charge in [-0.1, -0.05) is 0 Å². The number of hydrogen-bond donors (Lipinski definition) is 3. The third-order valence-corrected chi connectivity index (χ3v) is 5.66. The summed E-state index contributed by atoms with van der Waals surface area (Å²) in [5.41, 5.74) is 0.252. The molecule has 2 aromatic rings. The van der Waals surface area contributed by atoms with Crippen molar-refractivity contribution in [3.8, 4) is 5.75 Å². The molecule has 1 atom stereocenters. The highest BCUT2D eigenvalue weighted by Gasteiger charge is 2.52. The fourth-order valence-electron chi connectivity index (χ4n) is 3.73. The van der Waals surface area contributed by atoms with Crippen LogP contribution in [-0.2, 0) is 14.4 Å². The Morgan fingerprint density at radius 2 is 1.32 bits per heavy atom. The van der Waals surface area contributed by atoms with E-state index in [1.165, 1.54) is 0 Å². The molecular formula is C23H24F9N5O7. The lowest BCUT2D eigenvalue weighted by molar-refractivity contribution is -0.193. The summed E-state index contributed by atoms with van der Waals surface area (Å²) < 4.78 is 101. The molecule has 2 aromatic heterocycles. The molecule has 0 aliphatic carbocycles. The van der Waals surface area contributed by atoms with Gasteiger partial charge in [-0.05, 0) is 31.7 Å². The molecule has 3 N–H and O–H groups in total. The average Bonchev–Trinajstić information content (AvgIpc) is 3.23. The number of likely N-dealkylation sites (tertiary alicyclic amines) is 1. The van der Waals surface area contributed by atoms with Crippen molar-refractivity contribution in [2.45, 2.75) is 30.5 Å². The second kappa shape index (κ2) is 15.3. The smallest absolute Gasteiger partial charge is 0.490 e. The molecule has 2 fully saturated rings. The molecule has 2 aliphatic rings. The van der Waals surface area contributed by atoms with E-state index in [4.69, 9.17) is 34.4 Å². The monoisotopic (exact) mass is 653 g/mol. The van der Waals surface area contributed by atoms with Crippen molar-refractivity contribution in [3.05, 3.63) is 43.0 Å². The SMILES string of the molecule is CN1CC(COc2cccnc2)CC12CN(c1ncccn1)C2.O=C(O)C(F)(F)F.O=C(O)C(F)(F)F.O=C(O)C(F)(F)F. The molecule has 0 radical (unpaired) electrons. The van der Waals surface area contributed by atoms with Gasteiger partial charge in [0.25, 0.3) is 0 Å². The highest BCUT2D eigenvalue weighted by Crippen LogP contribution is 2.40. The van der Waals surface area contributed by atoms with Gasteiger partial charge in [-0.3, -0.25) is 9.88 Å². The normalized spacial score (nSPS) is 17.4. The highest BCUT2D eigenvalue weighted by molar-refractivity contribution is 5.73. The minimum Gasteiger partial charge on any atom is -0.492 e. The Balaban J connectivity index is 0.000000379. The van der Waals surface area contributed by atoms with Crippen LogP contribution >= 0.6 is 0 Å². The van der Waals surface area contributed by atoms with Crippen LogP contribution in [0.4, 0.5) is 45.5 Å². The van der Waals surface area contributed by atoms with Gasteiger partial charge in [0, 0.05) is 44.1 Å². The molecule has 0 aromatic carbocycles. The number of nitrogens with zero attached hydrogens (tertiary/aromatic N) is 5. The van der Waals surface area contributed by atoms with E-state index in [1.54, 1.807) is 24.8 Å². The van der Waals surface area contributed by atoms with Crippen molar-refractivity contribution in [2.75, 3.05) is 38.2 Å². The van der Waals surface area contributed by atoms with Gasteiger partial charge in [0.1, 0.15) is 5.75 Å². The Kier molecular flexibility index (Phi) is 13.1. The molecule has 2 aliphatic heterocycles. The number of halogens is 9. The standard InChI is InChI=1S/C17H21N5O.3C2HF3O2/c1-21-10-14(11-23-15-4-2-5-18-9-15)8-17(21)12-22(13-17)16-19-6-3-7-20-16;3*3-2(4,5)1(6)7/h2-7,9,14H,8,10-13H2,1H3;3*(H,6,7). The minimum absolute atomic E-state index is 0.252. The Labute approximate surface area is 241 Å². The number of ether oxygens (including phenoxy) is 1. The van der Waals surface area contributed by atoms with Crippen molar-refractivity contribution in [2.24, 2.45) is 5.92 Å². The van der Waals surface area contributed by atoms with Crippen LogP contribution in [0.3, 0.4) is 0 Å². The fourth-order valence-corrected chi connectivity index (χ4v) is 3.73. The lowest BCUT2D eigenvalue weighted by atomic mass is 9.85. The van der Waals surface area contributed by atoms with Gasteiger partial charge in [0.15, 0.2) is 0 Å². The molecule has 1 spiro atoms. The van der Waals surface area contributed by atoms with Crippen molar-refractivity contribution in [1.29, 1.82) is 0 Å². The molecule has 21 heteroatoms. The predicted octanol–water partition coefficient (Wildman–Crippen LogP) is 3.36. The number of anilines is 1. The zero-order chi connectivity index (χ0) is 33.9. The van der Waals surface area contributed by atoms with E-state index in [-0.39, 0.29) is 5.54 Å². The Bertz CT molecular complexity index is 1150. The minimum atomic E-state index is -5.08. The quantitative estimate of drug-likeness (QED) is 0.413. The third-order valence-electron chi connectivity index (χ3n) is 5.66. The highest BCUT2D eigenvalue weighted by atomic mass is 19.4. The fraction of sp³-hybridized carbons (Fsp3) is 0.478. The lowest BCUT2D eigenvalue weighted by Gasteiger charge is -2.51. The van der Waals surface area contributed by atoms with Crippen LogP contribution in [0.2, 0.25) is 0 Å². The second-order valence-corrected chi connectivity index (χ2v) is 8.99. The molecule has 0 saturated carbocycles. The van der Waals surface area contributed by atoms with Crippen molar-refractivity contribution in [3.63, 3.8) is 0 Å². The Hall–Kier alpha value is -4.43. The maximum Gasteiger partial charge on any atom is 0.490 e. The molecule has 12 nitrogen and oxygen atoms in total. The Morgan fingerprint density at radius 1 is 0.864 bits per heavy atom. The van der Waals surface area contributed by atoms with Gasteiger partial charge in [0.05, 0.1) is 18.3 Å². The van der Waals surface area contributed by atoms with E-state index in [2.05, 4.69) is 31.8 Å². The molecule has 2 saturated heterocycles. The Morgan fingerprint density at radius 3 is 1.70 bits per heavy atom. The first-order valence-electron chi connectivity index (χ1n) is 11.7. The van der Waals surface area contributed by atoms with Gasteiger partial charge in [-0.15, -0.1) is 0 Å². The summed E-state index contributed by atoms with van der Waals surface area (Å²) in [6.07, 6.45) is -6.95. The number of likely N-dealkylation sites (N-methyl/N-ethyl adjacent to an activating group) is 1. The average molecular weight is 653 g/mol. The molecule has 4 rings (SSSR count). The summed E-state index contributed by atoms with van der Waals surface area (Å²) in [4.78, 5) is 44.2. The van der Waals surface area contributed by atoms with Crippen molar-refractivity contribution in [1.82, 2.24) is 19.9 Å². The predicted molar refractivity (Wildman–Crippen MR) is 129 cm³/mol. The third kappa shape index (κ3) is 12.4. The second-order valence-electron chi connectivity index (χ2n) is 8.99. The number of aromatic nitrogens is 3. The van der Waals surface area contributed by atoms with E-state index >= 15 is 0 Å². The van der Waals surface area contributed by atoms with Gasteiger partial charge in [-0.2, -0.15) is 39.5 Å². The summed E-state index contributed by atoms with van der Waals surface area (Å²) in [5, 5.41) is 21.4. The summed E-state index contributed by atoms with van der Waals surface area (Å²) in [5.74, 6) is -6.03. The maximum atomic E-state index is 10.6. The van der Waals surface area contributed by atoms with Gasteiger partial charge in [0.2, 0.25) is 5.95 Å². The van der Waals surface area contributed by atoms with E-state index in [0.29, 0.717) is 5.92 Å². The maximum absolute atomic E-state index is 10.6.